The normalized spacial score (nSPS) is 13.4. The van der Waals surface area contributed by atoms with Crippen LogP contribution in [0.4, 0.5) is 0 Å². The number of hydrogen-bond donors (Lipinski definition) is 0. The zero-order chi connectivity index (χ0) is 35.1. The molecular formula is C48H27BN2OS2. The molecular weight excluding hydrogens is 695 g/mol. The molecule has 54 heavy (non-hydrogen) atoms. The molecule has 0 saturated carbocycles. The lowest BCUT2D eigenvalue weighted by Crippen LogP contribution is -2.33. The molecule has 8 aromatic carbocycles. The summed E-state index contributed by atoms with van der Waals surface area (Å²) in [5.74, 6) is 0. The molecule has 13 rings (SSSR count). The van der Waals surface area contributed by atoms with Crippen molar-refractivity contribution in [1.82, 2.24) is 9.13 Å². The van der Waals surface area contributed by atoms with Gasteiger partial charge in [-0.05, 0) is 82.3 Å². The van der Waals surface area contributed by atoms with Crippen molar-refractivity contribution in [3.05, 3.63) is 164 Å². The first-order valence-corrected chi connectivity index (χ1v) is 20.1. The van der Waals surface area contributed by atoms with Crippen LogP contribution in [0.2, 0.25) is 0 Å². The van der Waals surface area contributed by atoms with Crippen LogP contribution in [-0.4, -0.2) is 14.4 Å². The molecule has 0 N–H and O–H groups in total. The van der Waals surface area contributed by atoms with E-state index >= 15 is 0 Å². The lowest BCUT2D eigenvalue weighted by molar-refractivity contribution is 0.673. The quantitative estimate of drug-likeness (QED) is 0.166. The molecule has 250 valence electrons. The third-order valence-electron chi connectivity index (χ3n) is 11.5. The van der Waals surface area contributed by atoms with E-state index < -0.39 is 0 Å². The first kappa shape index (κ1) is 29.4. The highest BCUT2D eigenvalue weighted by atomic mass is 32.2. The molecule has 2 aliphatic heterocycles. The number of fused-ring (bicyclic) bond motifs is 16. The van der Waals surface area contributed by atoms with Crippen molar-refractivity contribution in [2.24, 2.45) is 0 Å². The highest BCUT2D eigenvalue weighted by Crippen LogP contribution is 2.52. The number of hydrogen-bond acceptors (Lipinski definition) is 3. The molecule has 5 heterocycles. The maximum Gasteiger partial charge on any atom is 0.318 e. The van der Waals surface area contributed by atoms with Gasteiger partial charge < -0.3 is 13.6 Å². The number of aromatic nitrogens is 2. The minimum atomic E-state index is 0.287. The topological polar surface area (TPSA) is 23.0 Å². The van der Waals surface area contributed by atoms with Crippen LogP contribution in [0.15, 0.2) is 178 Å². The van der Waals surface area contributed by atoms with Gasteiger partial charge in [0.1, 0.15) is 11.2 Å². The fourth-order valence-corrected chi connectivity index (χ4v) is 12.4. The van der Waals surface area contributed by atoms with Crippen molar-refractivity contribution >= 4 is 99.5 Å². The van der Waals surface area contributed by atoms with Gasteiger partial charge in [-0.25, -0.2) is 0 Å². The molecule has 0 saturated heterocycles. The van der Waals surface area contributed by atoms with E-state index in [9.17, 15) is 0 Å². The molecule has 0 radical (unpaired) electrons. The summed E-state index contributed by atoms with van der Waals surface area (Å²) in [6.07, 6.45) is 0. The van der Waals surface area contributed by atoms with E-state index in [4.69, 9.17) is 4.42 Å². The summed E-state index contributed by atoms with van der Waals surface area (Å²) in [4.78, 5) is 2.67. The van der Waals surface area contributed by atoms with Crippen LogP contribution in [0.3, 0.4) is 0 Å². The Morgan fingerprint density at radius 2 is 0.944 bits per heavy atom. The second kappa shape index (κ2) is 10.8. The number of benzene rings is 8. The van der Waals surface area contributed by atoms with Crippen LogP contribution in [0.5, 0.6) is 0 Å². The van der Waals surface area contributed by atoms with Gasteiger partial charge >= 0.3 is 5.27 Å². The number of nitrogens with zero attached hydrogens (tertiary/aromatic N) is 2. The second-order valence-electron chi connectivity index (χ2n) is 14.3. The summed E-state index contributed by atoms with van der Waals surface area (Å²) >= 11 is 3.97. The van der Waals surface area contributed by atoms with Gasteiger partial charge in [0.05, 0.1) is 27.5 Å². The van der Waals surface area contributed by atoms with Crippen molar-refractivity contribution in [3.8, 4) is 33.6 Å². The van der Waals surface area contributed by atoms with Gasteiger partial charge in [-0.15, -0.1) is 0 Å². The molecule has 3 aromatic heterocycles. The van der Waals surface area contributed by atoms with Gasteiger partial charge in [0.15, 0.2) is 0 Å². The van der Waals surface area contributed by atoms with Crippen molar-refractivity contribution < 1.29 is 4.42 Å². The summed E-state index contributed by atoms with van der Waals surface area (Å²) in [6, 6.07) is 60.0. The van der Waals surface area contributed by atoms with Crippen LogP contribution in [0.25, 0.3) is 99.2 Å². The van der Waals surface area contributed by atoms with Crippen molar-refractivity contribution in [1.29, 1.82) is 0 Å². The minimum Gasteiger partial charge on any atom is -0.455 e. The predicted molar refractivity (Wildman–Crippen MR) is 230 cm³/mol. The summed E-state index contributed by atoms with van der Waals surface area (Å²) in [6.45, 7) is 0. The monoisotopic (exact) mass is 722 g/mol. The average Bonchev–Trinajstić information content (AvgIpc) is 3.89. The summed E-state index contributed by atoms with van der Waals surface area (Å²) < 4.78 is 12.0. The summed E-state index contributed by atoms with van der Waals surface area (Å²) in [5.41, 5.74) is 15.5. The molecule has 3 nitrogen and oxygen atoms in total. The van der Waals surface area contributed by atoms with E-state index in [0.717, 1.165) is 44.3 Å². The third kappa shape index (κ3) is 3.76. The van der Waals surface area contributed by atoms with E-state index in [0.29, 0.717) is 0 Å². The molecule has 0 bridgehead atoms. The van der Waals surface area contributed by atoms with E-state index in [1.165, 1.54) is 70.1 Å². The van der Waals surface area contributed by atoms with Crippen LogP contribution >= 0.6 is 23.2 Å². The van der Waals surface area contributed by atoms with Crippen LogP contribution in [0, 0.1) is 0 Å². The molecule has 11 aromatic rings. The molecule has 0 atom stereocenters. The Morgan fingerprint density at radius 3 is 1.63 bits per heavy atom. The zero-order valence-corrected chi connectivity index (χ0v) is 30.4. The Bertz CT molecular complexity index is 3340. The van der Waals surface area contributed by atoms with Crippen molar-refractivity contribution in [2.75, 3.05) is 0 Å². The zero-order valence-electron chi connectivity index (χ0n) is 28.8. The summed E-state index contributed by atoms with van der Waals surface area (Å²) in [7, 11) is 0. The molecule has 0 amide bonds. The standard InChI is InChI=1S/C48H27BN2OS2/c1-2-14-28(15-3-1)50-37-21-9-4-18-32(37)42-43-34-20-6-11-23-39(34)52-48(43)44-33-19-5-10-22-38(33)51(47(44)46(42)50)29-26-35-30-16-7-12-24-40(30)53-49-45(35)36(27-29)31-17-8-13-25-41(31)54-49/h1-27H. The first-order chi connectivity index (χ1) is 26.8. The smallest absolute Gasteiger partial charge is 0.318 e. The van der Waals surface area contributed by atoms with Gasteiger partial charge in [-0.3, -0.25) is 0 Å². The van der Waals surface area contributed by atoms with Gasteiger partial charge in [0, 0.05) is 48.1 Å². The Labute approximate surface area is 318 Å². The number of para-hydroxylation sites is 4. The van der Waals surface area contributed by atoms with E-state index in [1.54, 1.807) is 0 Å². The van der Waals surface area contributed by atoms with E-state index in [2.05, 4.69) is 173 Å². The highest BCUT2D eigenvalue weighted by molar-refractivity contribution is 8.56. The van der Waals surface area contributed by atoms with E-state index in [1.807, 2.05) is 23.2 Å². The SMILES string of the molecule is c1ccc(-n2c3ccccc3c3c4c5ccccc5oc4c4c5ccccc5n(-c5cc6c7c(c5)-c5ccccc5SB7Sc5ccccc5-6)c4c32)cc1. The lowest BCUT2D eigenvalue weighted by Gasteiger charge is -2.32. The first-order valence-electron chi connectivity index (χ1n) is 18.4. The lowest BCUT2D eigenvalue weighted by atomic mass is 9.77. The molecule has 0 aliphatic carbocycles. The molecule has 6 heteroatoms. The number of rotatable bonds is 2. The maximum atomic E-state index is 7.02. The molecule has 0 fully saturated rings. The Balaban J connectivity index is 1.30. The Hall–Kier alpha value is -6.08. The van der Waals surface area contributed by atoms with Gasteiger partial charge in [-0.1, -0.05) is 109 Å². The molecule has 0 unspecified atom stereocenters. The van der Waals surface area contributed by atoms with Crippen LogP contribution < -0.4 is 5.46 Å². The van der Waals surface area contributed by atoms with E-state index in [-0.39, 0.29) is 5.27 Å². The fourth-order valence-electron chi connectivity index (χ4n) is 9.42. The predicted octanol–water partition coefficient (Wildman–Crippen LogP) is 13.0. The maximum absolute atomic E-state index is 7.02. The van der Waals surface area contributed by atoms with Crippen LogP contribution in [0.1, 0.15) is 0 Å². The van der Waals surface area contributed by atoms with Crippen molar-refractivity contribution in [3.63, 3.8) is 0 Å². The van der Waals surface area contributed by atoms with Crippen molar-refractivity contribution in [2.45, 2.75) is 9.79 Å². The highest BCUT2D eigenvalue weighted by Gasteiger charge is 2.37. The van der Waals surface area contributed by atoms with Gasteiger partial charge in [0.2, 0.25) is 0 Å². The fraction of sp³-hybridized carbons (Fsp3) is 0. The average molecular weight is 723 g/mol. The summed E-state index contributed by atoms with van der Waals surface area (Å²) in [5, 5.41) is 7.34. The largest absolute Gasteiger partial charge is 0.455 e. The number of furan rings is 1. The van der Waals surface area contributed by atoms with Gasteiger partial charge in [0.25, 0.3) is 0 Å². The third-order valence-corrected chi connectivity index (χ3v) is 14.2. The second-order valence-corrected chi connectivity index (χ2v) is 16.9. The van der Waals surface area contributed by atoms with Crippen LogP contribution in [-0.2, 0) is 0 Å². The molecule has 2 aliphatic rings. The minimum absolute atomic E-state index is 0.287. The van der Waals surface area contributed by atoms with Gasteiger partial charge in [-0.2, -0.15) is 23.2 Å². The molecule has 0 spiro atoms. The Morgan fingerprint density at radius 1 is 0.426 bits per heavy atom. The Kier molecular flexibility index (Phi) is 5.85.